The summed E-state index contributed by atoms with van der Waals surface area (Å²) in [5, 5.41) is 0. The van der Waals surface area contributed by atoms with Crippen molar-refractivity contribution in [2.24, 2.45) is 0 Å². The van der Waals surface area contributed by atoms with Gasteiger partial charge < -0.3 is 9.47 Å². The van der Waals surface area contributed by atoms with Gasteiger partial charge in [0.05, 0.1) is 19.0 Å². The first kappa shape index (κ1) is 16.2. The van der Waals surface area contributed by atoms with Gasteiger partial charge in [-0.3, -0.25) is 0 Å². The van der Waals surface area contributed by atoms with Gasteiger partial charge in [-0.05, 0) is 39.7 Å². The first-order chi connectivity index (χ1) is 9.99. The molecule has 0 aliphatic rings. The molecule has 0 aliphatic carbocycles. The SMILES string of the molecule is COc1ccc(C(Br)c2ccc(F)c(F)c2)c(OC)c1Br. The maximum Gasteiger partial charge on any atom is 0.159 e. The summed E-state index contributed by atoms with van der Waals surface area (Å²) in [7, 11) is 3.09. The number of rotatable bonds is 4. The third-order valence-electron chi connectivity index (χ3n) is 3.03. The largest absolute Gasteiger partial charge is 0.495 e. The molecule has 0 amide bonds. The van der Waals surface area contributed by atoms with E-state index in [1.54, 1.807) is 13.2 Å². The van der Waals surface area contributed by atoms with E-state index in [2.05, 4.69) is 31.9 Å². The lowest BCUT2D eigenvalue weighted by Crippen LogP contribution is -2.00. The van der Waals surface area contributed by atoms with Crippen LogP contribution in [0.25, 0.3) is 0 Å². The smallest absolute Gasteiger partial charge is 0.159 e. The Morgan fingerprint density at radius 3 is 2.29 bits per heavy atom. The number of ether oxygens (including phenoxy) is 2. The highest BCUT2D eigenvalue weighted by atomic mass is 79.9. The predicted octanol–water partition coefficient (Wildman–Crippen LogP) is 5.23. The van der Waals surface area contributed by atoms with Gasteiger partial charge in [-0.25, -0.2) is 8.78 Å². The van der Waals surface area contributed by atoms with Crippen LogP contribution in [0.1, 0.15) is 16.0 Å². The van der Waals surface area contributed by atoms with Crippen LogP contribution in [0.3, 0.4) is 0 Å². The van der Waals surface area contributed by atoms with Crippen LogP contribution in [0.15, 0.2) is 34.8 Å². The Bertz CT molecular complexity index is 662. The van der Waals surface area contributed by atoms with Crippen molar-refractivity contribution in [1.29, 1.82) is 0 Å². The minimum absolute atomic E-state index is 0.343. The van der Waals surface area contributed by atoms with Crippen LogP contribution in [0.2, 0.25) is 0 Å². The zero-order valence-corrected chi connectivity index (χ0v) is 14.5. The molecule has 6 heteroatoms. The number of benzene rings is 2. The van der Waals surface area contributed by atoms with E-state index in [4.69, 9.17) is 9.47 Å². The van der Waals surface area contributed by atoms with E-state index in [0.717, 1.165) is 17.7 Å². The quantitative estimate of drug-likeness (QED) is 0.629. The van der Waals surface area contributed by atoms with E-state index in [1.807, 2.05) is 6.07 Å². The zero-order valence-electron chi connectivity index (χ0n) is 11.3. The molecule has 0 radical (unpaired) electrons. The number of halogens is 4. The monoisotopic (exact) mass is 420 g/mol. The van der Waals surface area contributed by atoms with Gasteiger partial charge in [0.1, 0.15) is 16.0 Å². The standard InChI is InChI=1S/C15H12Br2F2O2/c1-20-12-6-4-9(15(21-2)14(12)17)13(16)8-3-5-10(18)11(19)7-8/h3-7,13H,1-2H3. The molecule has 0 aromatic heterocycles. The fourth-order valence-corrected chi connectivity index (χ4v) is 3.30. The fraction of sp³-hybridized carbons (Fsp3) is 0.200. The first-order valence-electron chi connectivity index (χ1n) is 5.99. The minimum Gasteiger partial charge on any atom is -0.495 e. The number of alkyl halides is 1. The Morgan fingerprint density at radius 2 is 1.71 bits per heavy atom. The van der Waals surface area contributed by atoms with Crippen LogP contribution in [0.4, 0.5) is 8.78 Å². The summed E-state index contributed by atoms with van der Waals surface area (Å²) < 4.78 is 37.7. The lowest BCUT2D eigenvalue weighted by atomic mass is 10.0. The summed E-state index contributed by atoms with van der Waals surface area (Å²) in [6, 6.07) is 7.37. The van der Waals surface area contributed by atoms with Crippen molar-refractivity contribution < 1.29 is 18.3 Å². The zero-order chi connectivity index (χ0) is 15.6. The molecule has 0 saturated heterocycles. The number of hydrogen-bond donors (Lipinski definition) is 0. The van der Waals surface area contributed by atoms with Gasteiger partial charge in [-0.2, -0.15) is 0 Å². The number of hydrogen-bond acceptors (Lipinski definition) is 2. The van der Waals surface area contributed by atoms with Gasteiger partial charge in [0.15, 0.2) is 11.6 Å². The van der Waals surface area contributed by atoms with E-state index in [1.165, 1.54) is 13.2 Å². The van der Waals surface area contributed by atoms with Crippen molar-refractivity contribution >= 4 is 31.9 Å². The average molecular weight is 422 g/mol. The second-order valence-electron chi connectivity index (χ2n) is 4.24. The van der Waals surface area contributed by atoms with Crippen molar-refractivity contribution in [3.05, 3.63) is 57.6 Å². The molecule has 1 atom stereocenters. The highest BCUT2D eigenvalue weighted by molar-refractivity contribution is 9.10. The topological polar surface area (TPSA) is 18.5 Å². The van der Waals surface area contributed by atoms with Crippen molar-refractivity contribution in [3.8, 4) is 11.5 Å². The van der Waals surface area contributed by atoms with Gasteiger partial charge in [0.25, 0.3) is 0 Å². The second-order valence-corrected chi connectivity index (χ2v) is 5.95. The molecule has 112 valence electrons. The summed E-state index contributed by atoms with van der Waals surface area (Å²) in [5.41, 5.74) is 1.36. The molecule has 0 spiro atoms. The molecule has 0 fully saturated rings. The fourth-order valence-electron chi connectivity index (χ4n) is 1.97. The van der Waals surface area contributed by atoms with E-state index >= 15 is 0 Å². The maximum atomic E-state index is 13.4. The predicted molar refractivity (Wildman–Crippen MR) is 84.4 cm³/mol. The highest BCUT2D eigenvalue weighted by Gasteiger charge is 2.20. The molecule has 21 heavy (non-hydrogen) atoms. The molecule has 2 aromatic carbocycles. The molecule has 0 bridgehead atoms. The third kappa shape index (κ3) is 3.21. The normalized spacial score (nSPS) is 12.1. The Morgan fingerprint density at radius 1 is 1.00 bits per heavy atom. The van der Waals surface area contributed by atoms with Gasteiger partial charge in [-0.15, -0.1) is 0 Å². The van der Waals surface area contributed by atoms with Crippen molar-refractivity contribution in [2.75, 3.05) is 14.2 Å². The van der Waals surface area contributed by atoms with Crippen molar-refractivity contribution in [1.82, 2.24) is 0 Å². The van der Waals surface area contributed by atoms with Gasteiger partial charge in [0.2, 0.25) is 0 Å². The summed E-state index contributed by atoms with van der Waals surface area (Å²) in [4.78, 5) is -0.343. The van der Waals surface area contributed by atoms with Crippen LogP contribution in [0.5, 0.6) is 11.5 Å². The Kier molecular flexibility index (Phi) is 5.22. The molecule has 2 nitrogen and oxygen atoms in total. The summed E-state index contributed by atoms with van der Waals surface area (Å²) in [5.74, 6) is -0.564. The maximum absolute atomic E-state index is 13.4. The first-order valence-corrected chi connectivity index (χ1v) is 7.69. The van der Waals surface area contributed by atoms with Gasteiger partial charge in [-0.1, -0.05) is 28.1 Å². The lowest BCUT2D eigenvalue weighted by Gasteiger charge is -2.17. The lowest BCUT2D eigenvalue weighted by molar-refractivity contribution is 0.386. The van der Waals surface area contributed by atoms with Crippen LogP contribution in [-0.4, -0.2) is 14.2 Å². The molecule has 1 unspecified atom stereocenters. The van der Waals surface area contributed by atoms with E-state index in [-0.39, 0.29) is 4.83 Å². The summed E-state index contributed by atoms with van der Waals surface area (Å²) in [6.07, 6.45) is 0. The van der Waals surface area contributed by atoms with Crippen molar-refractivity contribution in [2.45, 2.75) is 4.83 Å². The Balaban J connectivity index is 2.50. The van der Waals surface area contributed by atoms with E-state index < -0.39 is 11.6 Å². The summed E-state index contributed by atoms with van der Waals surface area (Å²) >= 11 is 6.91. The second kappa shape index (κ2) is 6.75. The minimum atomic E-state index is -0.886. The Hall–Kier alpha value is -1.14. The van der Waals surface area contributed by atoms with E-state index in [0.29, 0.717) is 21.5 Å². The molecular formula is C15H12Br2F2O2. The molecule has 2 aromatic rings. The van der Waals surface area contributed by atoms with Gasteiger partial charge in [0, 0.05) is 5.56 Å². The molecule has 0 aliphatic heterocycles. The number of methoxy groups -OCH3 is 2. The van der Waals surface area contributed by atoms with E-state index in [9.17, 15) is 8.78 Å². The highest BCUT2D eigenvalue weighted by Crippen LogP contribution is 2.44. The third-order valence-corrected chi connectivity index (χ3v) is 4.80. The van der Waals surface area contributed by atoms with Crippen molar-refractivity contribution in [3.63, 3.8) is 0 Å². The molecular weight excluding hydrogens is 410 g/mol. The molecule has 2 rings (SSSR count). The van der Waals surface area contributed by atoms with Crippen LogP contribution < -0.4 is 9.47 Å². The van der Waals surface area contributed by atoms with Crippen LogP contribution >= 0.6 is 31.9 Å². The Labute approximate surface area is 138 Å². The van der Waals surface area contributed by atoms with Crippen LogP contribution in [-0.2, 0) is 0 Å². The molecule has 0 heterocycles. The van der Waals surface area contributed by atoms with Crippen LogP contribution in [0, 0.1) is 11.6 Å². The van der Waals surface area contributed by atoms with Gasteiger partial charge >= 0.3 is 0 Å². The summed E-state index contributed by atoms with van der Waals surface area (Å²) in [6.45, 7) is 0. The molecule has 0 saturated carbocycles. The molecule has 0 N–H and O–H groups in total. The average Bonchev–Trinajstić information content (AvgIpc) is 2.49.